The molecule has 2 aliphatic rings. The summed E-state index contributed by atoms with van der Waals surface area (Å²) in [5.74, 6) is -1.12. The molecule has 2 aliphatic heterocycles. The van der Waals surface area contributed by atoms with E-state index in [2.05, 4.69) is 5.32 Å². The highest BCUT2D eigenvalue weighted by atomic mass is 16.6. The van der Waals surface area contributed by atoms with E-state index in [1.807, 2.05) is 24.3 Å². The normalized spacial score (nSPS) is 28.0. The molecule has 5 nitrogen and oxygen atoms in total. The van der Waals surface area contributed by atoms with Crippen LogP contribution in [0.2, 0.25) is 0 Å². The first-order valence-corrected chi connectivity index (χ1v) is 5.65. The molecule has 5 heteroatoms. The van der Waals surface area contributed by atoms with Gasteiger partial charge >= 0.3 is 11.9 Å². The first kappa shape index (κ1) is 11.0. The number of carbonyl (C=O) groups is 2. The second-order valence-electron chi connectivity index (χ2n) is 4.15. The van der Waals surface area contributed by atoms with Crippen molar-refractivity contribution in [2.24, 2.45) is 0 Å². The average Bonchev–Trinajstić information content (AvgIpc) is 2.40. The van der Waals surface area contributed by atoms with Gasteiger partial charge in [0.25, 0.3) is 0 Å². The van der Waals surface area contributed by atoms with Gasteiger partial charge in [-0.05, 0) is 5.56 Å². The molecule has 0 aromatic heterocycles. The van der Waals surface area contributed by atoms with Crippen molar-refractivity contribution < 1.29 is 19.1 Å². The van der Waals surface area contributed by atoms with E-state index in [9.17, 15) is 9.59 Å². The maximum Gasteiger partial charge on any atom is 0.332 e. The highest BCUT2D eigenvalue weighted by Gasteiger charge is 2.30. The Labute approximate surface area is 103 Å². The Morgan fingerprint density at radius 1 is 1.06 bits per heavy atom. The van der Waals surface area contributed by atoms with Crippen molar-refractivity contribution >= 4 is 11.9 Å². The first-order chi connectivity index (χ1) is 8.72. The number of carbonyl (C=O) groups excluding carboxylic acids is 2. The third-order valence-electron chi connectivity index (χ3n) is 2.93. The number of ether oxygens (including phenoxy) is 2. The third kappa shape index (κ3) is 2.00. The van der Waals surface area contributed by atoms with Gasteiger partial charge in [-0.1, -0.05) is 24.3 Å². The van der Waals surface area contributed by atoms with Crippen molar-refractivity contribution in [1.82, 2.24) is 5.32 Å². The number of rotatable bonds is 0. The van der Waals surface area contributed by atoms with E-state index >= 15 is 0 Å². The number of esters is 2. The van der Waals surface area contributed by atoms with E-state index in [1.54, 1.807) is 0 Å². The smallest absolute Gasteiger partial charge is 0.332 e. The standard InChI is InChI=1S/C13H11NO4/c15-11-5-6-12(16)18-13-9-4-2-1-3-8(9)7-10(14-13)17-11/h1-6,10,13-14H,7H2/b6-5+. The second kappa shape index (κ2) is 4.27. The van der Waals surface area contributed by atoms with Crippen LogP contribution in [0.1, 0.15) is 17.4 Å². The molecule has 92 valence electrons. The van der Waals surface area contributed by atoms with E-state index < -0.39 is 24.4 Å². The molecule has 2 unspecified atom stereocenters. The molecule has 1 aromatic rings. The van der Waals surface area contributed by atoms with E-state index in [1.165, 1.54) is 0 Å². The summed E-state index contributed by atoms with van der Waals surface area (Å²) in [5, 5.41) is 2.99. The summed E-state index contributed by atoms with van der Waals surface area (Å²) in [6.45, 7) is 0. The van der Waals surface area contributed by atoms with Crippen molar-refractivity contribution in [3.05, 3.63) is 47.5 Å². The SMILES string of the molecule is O=C1/C=C/C(=O)OC2NC(Cc3ccccc32)O1. The van der Waals surface area contributed by atoms with E-state index in [0.717, 1.165) is 23.3 Å². The average molecular weight is 245 g/mol. The van der Waals surface area contributed by atoms with Gasteiger partial charge in [0.15, 0.2) is 12.5 Å². The van der Waals surface area contributed by atoms with Crippen LogP contribution in [0.15, 0.2) is 36.4 Å². The fourth-order valence-electron chi connectivity index (χ4n) is 2.14. The van der Waals surface area contributed by atoms with Gasteiger partial charge in [-0.3, -0.25) is 0 Å². The van der Waals surface area contributed by atoms with Crippen LogP contribution < -0.4 is 5.32 Å². The van der Waals surface area contributed by atoms with Gasteiger partial charge in [0.05, 0.1) is 0 Å². The van der Waals surface area contributed by atoms with Crippen LogP contribution in [-0.2, 0) is 25.5 Å². The topological polar surface area (TPSA) is 64.6 Å². The lowest BCUT2D eigenvalue weighted by molar-refractivity contribution is -0.152. The van der Waals surface area contributed by atoms with Crippen LogP contribution in [0, 0.1) is 0 Å². The van der Waals surface area contributed by atoms with E-state index in [-0.39, 0.29) is 0 Å². The van der Waals surface area contributed by atoms with Crippen LogP contribution in [-0.4, -0.2) is 18.2 Å². The molecule has 1 N–H and O–H groups in total. The van der Waals surface area contributed by atoms with Crippen molar-refractivity contribution in [3.8, 4) is 0 Å². The minimum atomic E-state index is -0.581. The Morgan fingerprint density at radius 3 is 2.61 bits per heavy atom. The zero-order valence-electron chi connectivity index (χ0n) is 9.46. The van der Waals surface area contributed by atoms with Crippen molar-refractivity contribution in [2.75, 3.05) is 0 Å². The highest BCUT2D eigenvalue weighted by Crippen LogP contribution is 2.27. The van der Waals surface area contributed by atoms with Crippen LogP contribution in [0.25, 0.3) is 0 Å². The van der Waals surface area contributed by atoms with Gasteiger partial charge in [-0.15, -0.1) is 0 Å². The number of fused-ring (bicyclic) bond motifs is 4. The largest absolute Gasteiger partial charge is 0.443 e. The molecule has 3 rings (SSSR count). The van der Waals surface area contributed by atoms with E-state index in [0.29, 0.717) is 6.42 Å². The minimum Gasteiger partial charge on any atom is -0.443 e. The molecule has 0 amide bonds. The van der Waals surface area contributed by atoms with E-state index in [4.69, 9.17) is 9.47 Å². The second-order valence-corrected chi connectivity index (χ2v) is 4.15. The Kier molecular flexibility index (Phi) is 2.60. The predicted molar refractivity (Wildman–Crippen MR) is 61.1 cm³/mol. The quantitative estimate of drug-likeness (QED) is 0.685. The number of hydrogen-bond donors (Lipinski definition) is 1. The van der Waals surface area contributed by atoms with Gasteiger partial charge in [0.1, 0.15) is 0 Å². The molecule has 0 fully saturated rings. The molecule has 2 atom stereocenters. The molecule has 0 aliphatic carbocycles. The predicted octanol–water partition coefficient (Wildman–Crippen LogP) is 0.813. The molecular formula is C13H11NO4. The Balaban J connectivity index is 2.00. The fourth-order valence-corrected chi connectivity index (χ4v) is 2.14. The summed E-state index contributed by atoms with van der Waals surface area (Å²) < 4.78 is 10.4. The van der Waals surface area contributed by atoms with Gasteiger partial charge in [-0.25, -0.2) is 14.9 Å². The van der Waals surface area contributed by atoms with Gasteiger partial charge in [0, 0.05) is 24.1 Å². The van der Waals surface area contributed by atoms with Gasteiger partial charge in [0.2, 0.25) is 0 Å². The Bertz CT molecular complexity index is 538. The third-order valence-corrected chi connectivity index (χ3v) is 2.93. The molecule has 0 saturated carbocycles. The summed E-state index contributed by atoms with van der Waals surface area (Å²) in [7, 11) is 0. The minimum absolute atomic E-state index is 0.479. The molecule has 2 heterocycles. The number of hydrogen-bond acceptors (Lipinski definition) is 5. The van der Waals surface area contributed by atoms with Gasteiger partial charge in [-0.2, -0.15) is 0 Å². The summed E-state index contributed by atoms with van der Waals surface area (Å²) in [6.07, 6.45) is 1.66. The van der Waals surface area contributed by atoms with Crippen molar-refractivity contribution in [2.45, 2.75) is 18.9 Å². The maximum atomic E-state index is 11.5. The molecular weight excluding hydrogens is 234 g/mol. The van der Waals surface area contributed by atoms with Crippen molar-refractivity contribution in [3.63, 3.8) is 0 Å². The van der Waals surface area contributed by atoms with Crippen LogP contribution in [0.3, 0.4) is 0 Å². The Hall–Kier alpha value is -2.14. The summed E-state index contributed by atoms with van der Waals surface area (Å²) in [5.41, 5.74) is 1.90. The number of nitrogens with one attached hydrogen (secondary N) is 1. The van der Waals surface area contributed by atoms with Crippen LogP contribution in [0.5, 0.6) is 0 Å². The molecule has 18 heavy (non-hydrogen) atoms. The molecule has 2 bridgehead atoms. The summed E-state index contributed by atoms with van der Waals surface area (Å²) in [6, 6.07) is 7.60. The maximum absolute atomic E-state index is 11.5. The lowest BCUT2D eigenvalue weighted by Gasteiger charge is -2.31. The Morgan fingerprint density at radius 2 is 1.78 bits per heavy atom. The summed E-state index contributed by atoms with van der Waals surface area (Å²) >= 11 is 0. The lowest BCUT2D eigenvalue weighted by Crippen LogP contribution is -2.43. The molecule has 0 saturated heterocycles. The van der Waals surface area contributed by atoms with Gasteiger partial charge < -0.3 is 9.47 Å². The zero-order chi connectivity index (χ0) is 12.5. The molecule has 0 spiro atoms. The van der Waals surface area contributed by atoms with Crippen molar-refractivity contribution in [1.29, 1.82) is 0 Å². The van der Waals surface area contributed by atoms with Crippen LogP contribution >= 0.6 is 0 Å². The number of benzene rings is 1. The zero-order valence-corrected chi connectivity index (χ0v) is 9.46. The molecule has 0 radical (unpaired) electrons. The van der Waals surface area contributed by atoms with Crippen LogP contribution in [0.4, 0.5) is 0 Å². The monoisotopic (exact) mass is 245 g/mol. The first-order valence-electron chi connectivity index (χ1n) is 5.65. The highest BCUT2D eigenvalue weighted by molar-refractivity contribution is 5.92. The lowest BCUT2D eigenvalue weighted by atomic mass is 9.98. The fraction of sp³-hybridized carbons (Fsp3) is 0.231. The summed E-state index contributed by atoms with van der Waals surface area (Å²) in [4.78, 5) is 22.9. The molecule has 1 aromatic carbocycles.